The van der Waals surface area contributed by atoms with Gasteiger partial charge in [0.1, 0.15) is 23.4 Å². The monoisotopic (exact) mass is 487 g/mol. The van der Waals surface area contributed by atoms with Crippen LogP contribution in [-0.4, -0.2) is 26.4 Å². The minimum atomic E-state index is -0.167. The highest BCUT2D eigenvalue weighted by Crippen LogP contribution is 2.39. The number of carbonyl (C=O) groups excluding carboxylic acids is 1. The quantitative estimate of drug-likeness (QED) is 0.479. The largest absolute Gasteiger partial charge is 0.486 e. The number of ether oxygens (including phenoxy) is 1. The first-order chi connectivity index (χ1) is 15.4. The molecule has 1 amide bonds. The molecule has 7 nitrogen and oxygen atoms in total. The number of benzene rings is 1. The van der Waals surface area contributed by atoms with Gasteiger partial charge in [0.25, 0.3) is 0 Å². The van der Waals surface area contributed by atoms with Gasteiger partial charge in [0.05, 0.1) is 11.3 Å². The second-order valence-corrected chi connectivity index (χ2v) is 10.2. The van der Waals surface area contributed by atoms with E-state index >= 15 is 0 Å². The van der Waals surface area contributed by atoms with Crippen LogP contribution in [0.5, 0.6) is 5.75 Å². The van der Waals surface area contributed by atoms with Crippen molar-refractivity contribution in [1.82, 2.24) is 14.8 Å². The lowest BCUT2D eigenvalue weighted by atomic mass is 9.89. The molecule has 0 spiro atoms. The third-order valence-corrected chi connectivity index (χ3v) is 7.76. The predicted molar refractivity (Wildman–Crippen MR) is 126 cm³/mol. The normalized spacial score (nSPS) is 15.1. The van der Waals surface area contributed by atoms with E-state index in [0.717, 1.165) is 24.8 Å². The number of aromatic nitrogens is 3. The lowest BCUT2D eigenvalue weighted by Crippen LogP contribution is -2.14. The Morgan fingerprint density at radius 2 is 2.19 bits per heavy atom. The fourth-order valence-electron chi connectivity index (χ4n) is 3.53. The molecule has 0 aliphatic heterocycles. The van der Waals surface area contributed by atoms with Crippen LogP contribution in [0, 0.1) is 17.2 Å². The first kappa shape index (κ1) is 22.6. The van der Waals surface area contributed by atoms with E-state index in [1.54, 1.807) is 28.8 Å². The number of carbonyl (C=O) groups is 1. The Hall–Kier alpha value is -2.54. The number of nitrogens with one attached hydrogen (secondary N) is 1. The molecule has 2 aromatic heterocycles. The van der Waals surface area contributed by atoms with Crippen molar-refractivity contribution in [2.24, 2.45) is 13.0 Å². The highest BCUT2D eigenvalue weighted by molar-refractivity contribution is 7.99. The van der Waals surface area contributed by atoms with Gasteiger partial charge in [-0.3, -0.25) is 4.79 Å². The summed E-state index contributed by atoms with van der Waals surface area (Å²) >= 11 is 8.71. The molecule has 1 atom stereocenters. The Morgan fingerprint density at radius 3 is 2.94 bits per heavy atom. The van der Waals surface area contributed by atoms with Gasteiger partial charge in [0, 0.05) is 16.9 Å². The number of rotatable bonds is 7. The van der Waals surface area contributed by atoms with Crippen LogP contribution in [0.1, 0.15) is 35.2 Å². The van der Waals surface area contributed by atoms with Crippen molar-refractivity contribution in [2.75, 3.05) is 11.1 Å². The molecular weight excluding hydrogens is 466 g/mol. The second kappa shape index (κ2) is 9.94. The predicted octanol–water partition coefficient (Wildman–Crippen LogP) is 4.84. The van der Waals surface area contributed by atoms with Crippen LogP contribution in [0.25, 0.3) is 0 Å². The van der Waals surface area contributed by atoms with Gasteiger partial charge < -0.3 is 14.6 Å². The number of nitriles is 1. The molecule has 0 saturated carbocycles. The molecule has 32 heavy (non-hydrogen) atoms. The van der Waals surface area contributed by atoms with Crippen molar-refractivity contribution < 1.29 is 9.53 Å². The number of anilines is 1. The molecule has 0 saturated heterocycles. The molecule has 0 fully saturated rings. The number of hydrogen-bond acceptors (Lipinski definition) is 7. The van der Waals surface area contributed by atoms with Gasteiger partial charge in [-0.15, -0.1) is 21.5 Å². The first-order valence-electron chi connectivity index (χ1n) is 10.2. The minimum Gasteiger partial charge on any atom is -0.486 e. The Kier molecular flexibility index (Phi) is 7.04. The molecule has 1 N–H and O–H groups in total. The molecular formula is C22H22ClN5O2S2. The Bertz CT molecular complexity index is 1170. The van der Waals surface area contributed by atoms with E-state index in [0.29, 0.717) is 38.2 Å². The molecule has 166 valence electrons. The number of thiophene rings is 1. The van der Waals surface area contributed by atoms with Crippen molar-refractivity contribution in [3.8, 4) is 11.8 Å². The van der Waals surface area contributed by atoms with Crippen molar-refractivity contribution in [3.63, 3.8) is 0 Å². The highest BCUT2D eigenvalue weighted by Gasteiger charge is 2.24. The molecule has 0 unspecified atom stereocenters. The van der Waals surface area contributed by atoms with Crippen LogP contribution in [0.3, 0.4) is 0 Å². The molecule has 1 aliphatic rings. The summed E-state index contributed by atoms with van der Waals surface area (Å²) in [5, 5.41) is 22.8. The fourth-order valence-corrected chi connectivity index (χ4v) is 5.76. The maximum absolute atomic E-state index is 12.6. The first-order valence-corrected chi connectivity index (χ1v) is 12.4. The molecule has 4 rings (SSSR count). The summed E-state index contributed by atoms with van der Waals surface area (Å²) in [6.45, 7) is 2.47. The zero-order valence-corrected chi connectivity index (χ0v) is 20.1. The summed E-state index contributed by atoms with van der Waals surface area (Å²) in [4.78, 5) is 13.8. The summed E-state index contributed by atoms with van der Waals surface area (Å²) in [5.41, 5.74) is 1.73. The Morgan fingerprint density at radius 1 is 1.41 bits per heavy atom. The summed E-state index contributed by atoms with van der Waals surface area (Å²) in [7, 11) is 1.84. The number of amides is 1. The number of hydrogen-bond donors (Lipinski definition) is 1. The average Bonchev–Trinajstić information content (AvgIpc) is 3.30. The zero-order chi connectivity index (χ0) is 22.7. The van der Waals surface area contributed by atoms with Gasteiger partial charge in [-0.25, -0.2) is 0 Å². The number of thioether (sulfide) groups is 1. The van der Waals surface area contributed by atoms with Gasteiger partial charge in [-0.1, -0.05) is 30.3 Å². The molecule has 1 aromatic carbocycles. The van der Waals surface area contributed by atoms with Crippen molar-refractivity contribution in [3.05, 3.63) is 51.1 Å². The van der Waals surface area contributed by atoms with Crippen LogP contribution in [0.2, 0.25) is 5.02 Å². The van der Waals surface area contributed by atoms with E-state index in [9.17, 15) is 10.1 Å². The topological polar surface area (TPSA) is 92.8 Å². The maximum Gasteiger partial charge on any atom is 0.235 e. The van der Waals surface area contributed by atoms with E-state index < -0.39 is 0 Å². The minimum absolute atomic E-state index is 0.167. The van der Waals surface area contributed by atoms with Crippen molar-refractivity contribution >= 4 is 45.6 Å². The fraction of sp³-hybridized carbons (Fsp3) is 0.364. The lowest BCUT2D eigenvalue weighted by Gasteiger charge is -2.17. The Labute approximate surface area is 199 Å². The van der Waals surface area contributed by atoms with Crippen LogP contribution >= 0.6 is 34.7 Å². The third kappa shape index (κ3) is 5.09. The van der Waals surface area contributed by atoms with E-state index in [1.807, 2.05) is 7.05 Å². The number of fused-ring (bicyclic) bond motifs is 1. The molecule has 0 bridgehead atoms. The van der Waals surface area contributed by atoms with Gasteiger partial charge >= 0.3 is 0 Å². The molecule has 10 heteroatoms. The maximum atomic E-state index is 12.6. The standard InChI is InChI=1S/C22H22ClN5O2S2/c1-13-3-8-16-17(10-24)21(32-18(16)9-13)25-20(29)12-31-22-27-26-19(28(22)2)11-30-15-6-4-14(23)5-7-15/h4-7,13H,3,8-9,11-12H2,1-2H3,(H,25,29)/t13-/m0/s1. The van der Waals surface area contributed by atoms with Gasteiger partial charge in [-0.05, 0) is 55.0 Å². The summed E-state index contributed by atoms with van der Waals surface area (Å²) in [6, 6.07) is 9.38. The van der Waals surface area contributed by atoms with Crippen LogP contribution < -0.4 is 10.1 Å². The average molecular weight is 488 g/mol. The van der Waals surface area contributed by atoms with Gasteiger partial charge in [0.15, 0.2) is 11.0 Å². The Balaban J connectivity index is 1.34. The van der Waals surface area contributed by atoms with Crippen molar-refractivity contribution in [1.29, 1.82) is 5.26 Å². The second-order valence-electron chi connectivity index (χ2n) is 7.70. The van der Waals surface area contributed by atoms with Gasteiger partial charge in [0.2, 0.25) is 5.91 Å². The highest BCUT2D eigenvalue weighted by atomic mass is 35.5. The molecule has 2 heterocycles. The summed E-state index contributed by atoms with van der Waals surface area (Å²) in [6.07, 6.45) is 2.96. The lowest BCUT2D eigenvalue weighted by molar-refractivity contribution is -0.113. The number of halogens is 1. The van der Waals surface area contributed by atoms with Crippen molar-refractivity contribution in [2.45, 2.75) is 37.9 Å². The molecule has 0 radical (unpaired) electrons. The van der Waals surface area contributed by atoms with E-state index in [2.05, 4.69) is 28.5 Å². The SMILES string of the molecule is C[C@H]1CCc2c(sc(NC(=O)CSc3nnc(COc4ccc(Cl)cc4)n3C)c2C#N)C1. The van der Waals surface area contributed by atoms with Gasteiger partial charge in [-0.2, -0.15) is 5.26 Å². The smallest absolute Gasteiger partial charge is 0.235 e. The summed E-state index contributed by atoms with van der Waals surface area (Å²) < 4.78 is 7.52. The summed E-state index contributed by atoms with van der Waals surface area (Å²) in [5.74, 6) is 1.95. The molecule has 1 aliphatic carbocycles. The van der Waals surface area contributed by atoms with Crippen LogP contribution in [-0.2, 0) is 31.3 Å². The number of nitrogens with zero attached hydrogens (tertiary/aromatic N) is 4. The zero-order valence-electron chi connectivity index (χ0n) is 17.7. The van der Waals surface area contributed by atoms with E-state index in [4.69, 9.17) is 16.3 Å². The van der Waals surface area contributed by atoms with E-state index in [-0.39, 0.29) is 18.3 Å². The third-order valence-electron chi connectivity index (χ3n) is 5.32. The van der Waals surface area contributed by atoms with Crippen LogP contribution in [0.4, 0.5) is 5.00 Å². The molecule has 3 aromatic rings. The van der Waals surface area contributed by atoms with E-state index in [1.165, 1.54) is 28.0 Å². The van der Waals surface area contributed by atoms with Crippen LogP contribution in [0.15, 0.2) is 29.4 Å².